The fourth-order valence-electron chi connectivity index (χ4n) is 4.01. The van der Waals surface area contributed by atoms with Gasteiger partial charge in [-0.25, -0.2) is 0 Å². The van der Waals surface area contributed by atoms with Gasteiger partial charge >= 0.3 is 0 Å². The van der Waals surface area contributed by atoms with Gasteiger partial charge in [0.25, 0.3) is 0 Å². The molecule has 1 aromatic heterocycles. The van der Waals surface area contributed by atoms with Crippen LogP contribution in [0.2, 0.25) is 0 Å². The number of anilines is 2. The molecule has 3 aromatic rings. The van der Waals surface area contributed by atoms with Crippen molar-refractivity contribution in [1.82, 2.24) is 4.90 Å². The van der Waals surface area contributed by atoms with Crippen molar-refractivity contribution in [1.29, 1.82) is 0 Å². The van der Waals surface area contributed by atoms with E-state index in [9.17, 15) is 9.59 Å². The van der Waals surface area contributed by atoms with E-state index in [1.165, 1.54) is 0 Å². The van der Waals surface area contributed by atoms with E-state index < -0.39 is 0 Å². The van der Waals surface area contributed by atoms with Crippen LogP contribution < -0.4 is 10.2 Å². The first kappa shape index (κ1) is 25.5. The van der Waals surface area contributed by atoms with E-state index >= 15 is 0 Å². The quantitative estimate of drug-likeness (QED) is 0.382. The number of carbonyl (C=O) groups is 2. The average Bonchev–Trinajstić information content (AvgIpc) is 3.30. The van der Waals surface area contributed by atoms with Crippen molar-refractivity contribution >= 4 is 34.5 Å². The van der Waals surface area contributed by atoms with Gasteiger partial charge in [0.2, 0.25) is 11.8 Å². The monoisotopic (exact) mass is 477 g/mol. The second kappa shape index (κ2) is 11.8. The summed E-state index contributed by atoms with van der Waals surface area (Å²) in [6.45, 7) is 6.58. The Morgan fingerprint density at radius 1 is 0.971 bits per heavy atom. The number of nitrogens with one attached hydrogen (secondary N) is 1. The van der Waals surface area contributed by atoms with Crippen LogP contribution in [0.3, 0.4) is 0 Å². The second-order valence-corrected chi connectivity index (χ2v) is 10.3. The van der Waals surface area contributed by atoms with Crippen LogP contribution in [0.1, 0.15) is 49.2 Å². The summed E-state index contributed by atoms with van der Waals surface area (Å²) in [6, 6.07) is 19.9. The van der Waals surface area contributed by atoms with Crippen molar-refractivity contribution in [2.75, 3.05) is 24.3 Å². The normalized spacial score (nSPS) is 11.8. The van der Waals surface area contributed by atoms with Crippen molar-refractivity contribution in [2.45, 2.75) is 46.2 Å². The molecule has 5 nitrogen and oxygen atoms in total. The Labute approximate surface area is 207 Å². The first-order valence-electron chi connectivity index (χ1n) is 11.7. The van der Waals surface area contributed by atoms with E-state index in [4.69, 9.17) is 0 Å². The van der Waals surface area contributed by atoms with Gasteiger partial charge in [-0.1, -0.05) is 50.2 Å². The molecule has 0 saturated carbocycles. The van der Waals surface area contributed by atoms with Crippen LogP contribution in [0.15, 0.2) is 66.0 Å². The molecule has 0 bridgehead atoms. The molecule has 1 heterocycles. The summed E-state index contributed by atoms with van der Waals surface area (Å²) in [5.74, 6) is 0.372. The van der Waals surface area contributed by atoms with Crippen molar-refractivity contribution in [2.24, 2.45) is 5.92 Å². The number of thiophene rings is 1. The third kappa shape index (κ3) is 6.94. The van der Waals surface area contributed by atoms with E-state index in [0.29, 0.717) is 19.4 Å². The van der Waals surface area contributed by atoms with Crippen LogP contribution in [0, 0.1) is 5.92 Å². The third-order valence-corrected chi connectivity index (χ3v) is 6.63. The number of amides is 2. The molecule has 6 heteroatoms. The molecule has 0 aliphatic heterocycles. The van der Waals surface area contributed by atoms with E-state index in [-0.39, 0.29) is 23.8 Å². The maximum Gasteiger partial charge on any atom is 0.228 e. The standard InChI is InChI=1S/C28H35N3O2S/c1-20(2)16-27(32)29-24-13-14-26(30(4)5)23(17-24)19-31(21(3)22-10-7-6-8-11-22)28(33)18-25-12-9-15-34-25/h6-15,17,20-21H,16,18-19H2,1-5H3,(H,29,32)/t21-/m0/s1. The summed E-state index contributed by atoms with van der Waals surface area (Å²) in [6.07, 6.45) is 0.845. The Hall–Kier alpha value is -3.12. The van der Waals surface area contributed by atoms with Crippen molar-refractivity contribution in [3.05, 3.63) is 82.0 Å². The van der Waals surface area contributed by atoms with Gasteiger partial charge in [0.05, 0.1) is 12.5 Å². The van der Waals surface area contributed by atoms with Gasteiger partial charge in [0.15, 0.2) is 0 Å². The minimum absolute atomic E-state index is 0.00170. The smallest absolute Gasteiger partial charge is 0.228 e. The summed E-state index contributed by atoms with van der Waals surface area (Å²) in [4.78, 5) is 31.0. The molecule has 1 atom stereocenters. The molecule has 0 saturated heterocycles. The summed E-state index contributed by atoms with van der Waals surface area (Å²) >= 11 is 1.60. The Morgan fingerprint density at radius 2 is 1.71 bits per heavy atom. The molecule has 0 radical (unpaired) electrons. The number of hydrogen-bond donors (Lipinski definition) is 1. The molecule has 0 fully saturated rings. The van der Waals surface area contributed by atoms with Gasteiger partial charge in [-0.05, 0) is 53.6 Å². The number of nitrogens with zero attached hydrogens (tertiary/aromatic N) is 2. The lowest BCUT2D eigenvalue weighted by Gasteiger charge is -2.31. The topological polar surface area (TPSA) is 52.7 Å². The van der Waals surface area contributed by atoms with E-state index in [1.807, 2.05) is 91.7 Å². The maximum atomic E-state index is 13.5. The van der Waals surface area contributed by atoms with Crippen molar-refractivity contribution in [3.8, 4) is 0 Å². The molecule has 0 aliphatic rings. The Morgan fingerprint density at radius 3 is 2.32 bits per heavy atom. The predicted octanol–water partition coefficient (Wildman–Crippen LogP) is 6.13. The Balaban J connectivity index is 1.93. The van der Waals surface area contributed by atoms with Gasteiger partial charge in [-0.15, -0.1) is 11.3 Å². The third-order valence-electron chi connectivity index (χ3n) is 5.75. The van der Waals surface area contributed by atoms with Crippen LogP contribution >= 0.6 is 11.3 Å². The first-order chi connectivity index (χ1) is 16.2. The molecule has 0 spiro atoms. The van der Waals surface area contributed by atoms with Gasteiger partial charge < -0.3 is 15.1 Å². The molecule has 1 N–H and O–H groups in total. The zero-order valence-electron chi connectivity index (χ0n) is 20.7. The summed E-state index contributed by atoms with van der Waals surface area (Å²) < 4.78 is 0. The predicted molar refractivity (Wildman–Crippen MR) is 142 cm³/mol. The van der Waals surface area contributed by atoms with Gasteiger partial charge in [0, 0.05) is 43.3 Å². The Kier molecular flexibility index (Phi) is 8.88. The lowest BCUT2D eigenvalue weighted by molar-refractivity contribution is -0.133. The number of carbonyl (C=O) groups excluding carboxylic acids is 2. The molecule has 0 aliphatic carbocycles. The van der Waals surface area contributed by atoms with Gasteiger partial charge in [-0.3, -0.25) is 9.59 Å². The largest absolute Gasteiger partial charge is 0.377 e. The molecular weight excluding hydrogens is 442 g/mol. The fraction of sp³-hybridized carbons (Fsp3) is 0.357. The summed E-state index contributed by atoms with van der Waals surface area (Å²) in [5, 5.41) is 5.02. The highest BCUT2D eigenvalue weighted by molar-refractivity contribution is 7.10. The molecule has 0 unspecified atom stereocenters. The summed E-state index contributed by atoms with van der Waals surface area (Å²) in [5.41, 5.74) is 3.87. The van der Waals surface area contributed by atoms with E-state index in [0.717, 1.165) is 27.4 Å². The van der Waals surface area contributed by atoms with Crippen molar-refractivity contribution in [3.63, 3.8) is 0 Å². The van der Waals surface area contributed by atoms with Crippen LogP contribution in [0.4, 0.5) is 11.4 Å². The van der Waals surface area contributed by atoms with E-state index in [2.05, 4.69) is 24.4 Å². The molecule has 2 amide bonds. The summed E-state index contributed by atoms with van der Waals surface area (Å²) in [7, 11) is 3.99. The van der Waals surface area contributed by atoms with Crippen LogP contribution in [0.25, 0.3) is 0 Å². The van der Waals surface area contributed by atoms with E-state index in [1.54, 1.807) is 11.3 Å². The number of hydrogen-bond acceptors (Lipinski definition) is 4. The minimum Gasteiger partial charge on any atom is -0.377 e. The second-order valence-electron chi connectivity index (χ2n) is 9.25. The Bertz CT molecular complexity index is 1080. The highest BCUT2D eigenvalue weighted by atomic mass is 32.1. The molecular formula is C28H35N3O2S. The van der Waals surface area contributed by atoms with Crippen LogP contribution in [0.5, 0.6) is 0 Å². The fourth-order valence-corrected chi connectivity index (χ4v) is 4.70. The SMILES string of the molecule is CC(C)CC(=O)Nc1ccc(N(C)C)c(CN(C(=O)Cc2cccs2)[C@@H](C)c2ccccc2)c1. The van der Waals surface area contributed by atoms with Crippen LogP contribution in [-0.2, 0) is 22.6 Å². The molecule has 2 aromatic carbocycles. The molecule has 34 heavy (non-hydrogen) atoms. The number of benzene rings is 2. The minimum atomic E-state index is -0.0946. The molecule has 3 rings (SSSR count). The average molecular weight is 478 g/mol. The highest BCUT2D eigenvalue weighted by Gasteiger charge is 2.24. The van der Waals surface area contributed by atoms with Crippen molar-refractivity contribution < 1.29 is 9.59 Å². The number of rotatable bonds is 10. The van der Waals surface area contributed by atoms with Crippen LogP contribution in [-0.4, -0.2) is 30.8 Å². The zero-order chi connectivity index (χ0) is 24.7. The lowest BCUT2D eigenvalue weighted by Crippen LogP contribution is -2.34. The lowest BCUT2D eigenvalue weighted by atomic mass is 10.0. The van der Waals surface area contributed by atoms with Gasteiger partial charge in [0.1, 0.15) is 0 Å². The van der Waals surface area contributed by atoms with Gasteiger partial charge in [-0.2, -0.15) is 0 Å². The first-order valence-corrected chi connectivity index (χ1v) is 12.6. The zero-order valence-corrected chi connectivity index (χ0v) is 21.6. The highest BCUT2D eigenvalue weighted by Crippen LogP contribution is 2.29. The maximum absolute atomic E-state index is 13.5. The molecule has 180 valence electrons.